The summed E-state index contributed by atoms with van der Waals surface area (Å²) >= 11 is 10.4. The first-order chi connectivity index (χ1) is 13.0. The zero-order valence-corrected chi connectivity index (χ0v) is 16.6. The molecule has 1 aliphatic heterocycles. The fourth-order valence-electron chi connectivity index (χ4n) is 3.17. The quantitative estimate of drug-likeness (QED) is 0.764. The third kappa shape index (κ3) is 4.57. The van der Waals surface area contributed by atoms with E-state index in [1.807, 2.05) is 12.1 Å². The van der Waals surface area contributed by atoms with Crippen LogP contribution in [0.15, 0.2) is 47.4 Å². The monoisotopic (exact) mass is 404 g/mol. The van der Waals surface area contributed by atoms with Crippen molar-refractivity contribution >= 4 is 36.0 Å². The molecule has 0 aliphatic carbocycles. The Morgan fingerprint density at radius 3 is 2.52 bits per heavy atom. The predicted octanol–water partition coefficient (Wildman–Crippen LogP) is 3.67. The highest BCUT2D eigenvalue weighted by molar-refractivity contribution is 7.80. The van der Waals surface area contributed by atoms with Crippen molar-refractivity contribution in [3.05, 3.63) is 58.6 Å². The number of thiol groups is 1. The van der Waals surface area contributed by atoms with Crippen LogP contribution in [0.1, 0.15) is 33.6 Å². The minimum atomic E-state index is -0.137. The molecule has 0 saturated carbocycles. The van der Waals surface area contributed by atoms with Crippen LogP contribution >= 0.6 is 24.2 Å². The molecule has 27 heavy (non-hydrogen) atoms. The van der Waals surface area contributed by atoms with Gasteiger partial charge in [0.15, 0.2) is 0 Å². The van der Waals surface area contributed by atoms with E-state index < -0.39 is 0 Å². The number of methoxy groups -OCH3 is 1. The Balaban J connectivity index is 1.61. The van der Waals surface area contributed by atoms with Gasteiger partial charge in [-0.15, -0.1) is 12.6 Å². The Labute approximate surface area is 169 Å². The van der Waals surface area contributed by atoms with Gasteiger partial charge >= 0.3 is 0 Å². The van der Waals surface area contributed by atoms with Crippen LogP contribution in [-0.4, -0.2) is 43.0 Å². The standard InChI is InChI=1S/C20H21ClN2O3S/c1-26-17-7-6-13(21)12-16(17)20(25)23-10-8-14(9-11-23)22-19(24)15-4-2-3-5-18(15)27/h2-7,12,14,27H,8-11H2,1H3,(H,22,24). The van der Waals surface area contributed by atoms with Crippen molar-refractivity contribution in [2.75, 3.05) is 20.2 Å². The average Bonchev–Trinajstić information content (AvgIpc) is 2.68. The minimum Gasteiger partial charge on any atom is -0.496 e. The molecule has 7 heteroatoms. The van der Waals surface area contributed by atoms with E-state index in [9.17, 15) is 9.59 Å². The largest absolute Gasteiger partial charge is 0.496 e. The molecule has 1 heterocycles. The molecule has 0 atom stereocenters. The molecule has 2 amide bonds. The van der Waals surface area contributed by atoms with Crippen molar-refractivity contribution in [3.63, 3.8) is 0 Å². The Morgan fingerprint density at radius 1 is 1.15 bits per heavy atom. The molecule has 2 aromatic carbocycles. The highest BCUT2D eigenvalue weighted by atomic mass is 35.5. The Bertz CT molecular complexity index is 851. The van der Waals surface area contributed by atoms with Crippen LogP contribution in [0.4, 0.5) is 0 Å². The van der Waals surface area contributed by atoms with E-state index in [-0.39, 0.29) is 17.9 Å². The molecule has 1 aliphatic rings. The van der Waals surface area contributed by atoms with Crippen LogP contribution in [0.5, 0.6) is 5.75 Å². The van der Waals surface area contributed by atoms with E-state index in [1.54, 1.807) is 35.2 Å². The number of ether oxygens (including phenoxy) is 1. The van der Waals surface area contributed by atoms with Gasteiger partial charge in [-0.2, -0.15) is 0 Å². The maximum Gasteiger partial charge on any atom is 0.257 e. The highest BCUT2D eigenvalue weighted by Crippen LogP contribution is 2.25. The number of amides is 2. The lowest BCUT2D eigenvalue weighted by Gasteiger charge is -2.32. The van der Waals surface area contributed by atoms with E-state index in [4.69, 9.17) is 16.3 Å². The van der Waals surface area contributed by atoms with Gasteiger partial charge in [0.2, 0.25) is 0 Å². The van der Waals surface area contributed by atoms with Crippen molar-refractivity contribution in [3.8, 4) is 5.75 Å². The summed E-state index contributed by atoms with van der Waals surface area (Å²) < 4.78 is 5.28. The van der Waals surface area contributed by atoms with Crippen LogP contribution in [0, 0.1) is 0 Å². The minimum absolute atomic E-state index is 0.0238. The zero-order valence-electron chi connectivity index (χ0n) is 14.9. The summed E-state index contributed by atoms with van der Waals surface area (Å²) in [4.78, 5) is 27.7. The number of piperidine rings is 1. The van der Waals surface area contributed by atoms with Crippen LogP contribution in [0.25, 0.3) is 0 Å². The summed E-state index contributed by atoms with van der Waals surface area (Å²) in [6, 6.07) is 12.2. The number of hydrogen-bond acceptors (Lipinski definition) is 4. The smallest absolute Gasteiger partial charge is 0.257 e. The molecular weight excluding hydrogens is 384 g/mol. The number of carbonyl (C=O) groups is 2. The molecule has 3 rings (SSSR count). The van der Waals surface area contributed by atoms with Crippen molar-refractivity contribution in [1.29, 1.82) is 0 Å². The molecule has 1 fully saturated rings. The summed E-state index contributed by atoms with van der Waals surface area (Å²) in [5.41, 5.74) is 1.01. The fraction of sp³-hybridized carbons (Fsp3) is 0.300. The van der Waals surface area contributed by atoms with Gasteiger partial charge in [0.1, 0.15) is 5.75 Å². The van der Waals surface area contributed by atoms with Gasteiger partial charge in [0.25, 0.3) is 11.8 Å². The Kier molecular flexibility index (Phi) is 6.29. The van der Waals surface area contributed by atoms with E-state index in [2.05, 4.69) is 17.9 Å². The number of rotatable bonds is 4. The van der Waals surface area contributed by atoms with Crippen LogP contribution in [0.2, 0.25) is 5.02 Å². The number of halogens is 1. The lowest BCUT2D eigenvalue weighted by Crippen LogP contribution is -2.46. The molecule has 0 unspecified atom stereocenters. The van der Waals surface area contributed by atoms with Crippen LogP contribution in [-0.2, 0) is 0 Å². The van der Waals surface area contributed by atoms with Crippen LogP contribution in [0.3, 0.4) is 0 Å². The first-order valence-electron chi connectivity index (χ1n) is 8.71. The van der Waals surface area contributed by atoms with Gasteiger partial charge < -0.3 is 15.0 Å². The fourth-order valence-corrected chi connectivity index (χ4v) is 3.61. The normalized spacial score (nSPS) is 14.7. The third-order valence-electron chi connectivity index (χ3n) is 4.66. The molecule has 0 aromatic heterocycles. The first kappa shape index (κ1) is 19.6. The van der Waals surface area contributed by atoms with Gasteiger partial charge in [-0.3, -0.25) is 9.59 Å². The highest BCUT2D eigenvalue weighted by Gasteiger charge is 2.26. The van der Waals surface area contributed by atoms with Gasteiger partial charge in [0.05, 0.1) is 18.2 Å². The van der Waals surface area contributed by atoms with Gasteiger partial charge in [-0.1, -0.05) is 23.7 Å². The number of hydrogen-bond donors (Lipinski definition) is 2. The number of benzene rings is 2. The second kappa shape index (κ2) is 8.67. The molecule has 1 N–H and O–H groups in total. The lowest BCUT2D eigenvalue weighted by molar-refractivity contribution is 0.0694. The first-order valence-corrected chi connectivity index (χ1v) is 9.54. The van der Waals surface area contributed by atoms with Crippen molar-refractivity contribution in [2.24, 2.45) is 0 Å². The molecule has 0 spiro atoms. The summed E-state index contributed by atoms with van der Waals surface area (Å²) in [6.45, 7) is 1.12. The molecule has 2 aromatic rings. The van der Waals surface area contributed by atoms with Crippen LogP contribution < -0.4 is 10.1 Å². The molecule has 0 radical (unpaired) electrons. The van der Waals surface area contributed by atoms with Crippen molar-refractivity contribution in [1.82, 2.24) is 10.2 Å². The van der Waals surface area contributed by atoms with E-state index in [1.165, 1.54) is 7.11 Å². The van der Waals surface area contributed by atoms with Crippen molar-refractivity contribution in [2.45, 2.75) is 23.8 Å². The second-order valence-corrected chi connectivity index (χ2v) is 7.32. The van der Waals surface area contributed by atoms with Crippen molar-refractivity contribution < 1.29 is 14.3 Å². The van der Waals surface area contributed by atoms with E-state index in [0.717, 1.165) is 0 Å². The Hall–Kier alpha value is -2.18. The maximum atomic E-state index is 12.8. The predicted molar refractivity (Wildman–Crippen MR) is 108 cm³/mol. The van der Waals surface area contributed by atoms with Gasteiger partial charge in [-0.25, -0.2) is 0 Å². The topological polar surface area (TPSA) is 58.6 Å². The average molecular weight is 405 g/mol. The summed E-state index contributed by atoms with van der Waals surface area (Å²) in [6.07, 6.45) is 1.38. The summed E-state index contributed by atoms with van der Waals surface area (Å²) in [5.74, 6) is 0.256. The lowest BCUT2D eigenvalue weighted by atomic mass is 10.0. The zero-order chi connectivity index (χ0) is 19.4. The number of nitrogens with one attached hydrogen (secondary N) is 1. The van der Waals surface area contributed by atoms with Gasteiger partial charge in [0, 0.05) is 29.0 Å². The summed E-state index contributed by atoms with van der Waals surface area (Å²) in [5, 5.41) is 3.53. The Morgan fingerprint density at radius 2 is 1.85 bits per heavy atom. The molecule has 5 nitrogen and oxygen atoms in total. The van der Waals surface area contributed by atoms with Gasteiger partial charge in [-0.05, 0) is 43.2 Å². The molecule has 1 saturated heterocycles. The molecule has 0 bridgehead atoms. The maximum absolute atomic E-state index is 12.8. The number of likely N-dealkylation sites (tertiary alicyclic amines) is 1. The molecule has 142 valence electrons. The second-order valence-electron chi connectivity index (χ2n) is 6.40. The van der Waals surface area contributed by atoms with E-state index in [0.29, 0.717) is 52.7 Å². The summed E-state index contributed by atoms with van der Waals surface area (Å²) in [7, 11) is 1.53. The molecular formula is C20H21ClN2O3S. The third-order valence-corrected chi connectivity index (χ3v) is 5.28. The number of carbonyl (C=O) groups excluding carboxylic acids is 2. The SMILES string of the molecule is COc1ccc(Cl)cc1C(=O)N1CCC(NC(=O)c2ccccc2S)CC1. The number of nitrogens with zero attached hydrogens (tertiary/aromatic N) is 1. The van der Waals surface area contributed by atoms with E-state index >= 15 is 0 Å².